The highest BCUT2D eigenvalue weighted by Gasteiger charge is 2.43. The van der Waals surface area contributed by atoms with Crippen molar-refractivity contribution < 1.29 is 27.2 Å². The zero-order chi connectivity index (χ0) is 20.5. The molecule has 1 saturated heterocycles. The molecule has 1 atom stereocenters. The van der Waals surface area contributed by atoms with E-state index in [2.05, 4.69) is 0 Å². The van der Waals surface area contributed by atoms with Gasteiger partial charge in [-0.25, -0.2) is 4.39 Å². The maximum atomic E-state index is 14.0. The van der Waals surface area contributed by atoms with Gasteiger partial charge in [0, 0.05) is 19.2 Å². The second kappa shape index (κ2) is 7.65. The van der Waals surface area contributed by atoms with Crippen LogP contribution in [0.5, 0.6) is 11.5 Å². The minimum Gasteiger partial charge on any atom is -0.454 e. The fourth-order valence-electron chi connectivity index (χ4n) is 3.43. The first-order valence-electron chi connectivity index (χ1n) is 8.74. The summed E-state index contributed by atoms with van der Waals surface area (Å²) in [6, 6.07) is 6.89. The maximum absolute atomic E-state index is 14.0. The van der Waals surface area contributed by atoms with Gasteiger partial charge in [0.2, 0.25) is 0 Å². The van der Waals surface area contributed by atoms with E-state index in [-0.39, 0.29) is 24.8 Å². The second-order valence-electron chi connectivity index (χ2n) is 6.79. The van der Waals surface area contributed by atoms with Gasteiger partial charge in [0.25, 0.3) is 5.69 Å². The zero-order valence-corrected chi connectivity index (χ0v) is 15.0. The summed E-state index contributed by atoms with van der Waals surface area (Å²) in [6.07, 6.45) is -3.48. The number of para-hydroxylation sites is 1. The minimum absolute atomic E-state index is 0.0885. The van der Waals surface area contributed by atoms with Crippen molar-refractivity contribution in [3.05, 3.63) is 57.9 Å². The van der Waals surface area contributed by atoms with Gasteiger partial charge in [-0.05, 0) is 37.0 Å². The van der Waals surface area contributed by atoms with Crippen LogP contribution in [0.15, 0.2) is 36.4 Å². The van der Waals surface area contributed by atoms with Crippen molar-refractivity contribution in [3.63, 3.8) is 0 Å². The summed E-state index contributed by atoms with van der Waals surface area (Å²) in [4.78, 5) is 12.0. The molecule has 1 aliphatic heterocycles. The maximum Gasteiger partial charge on any atom is 0.422 e. The van der Waals surface area contributed by atoms with E-state index in [9.17, 15) is 27.7 Å². The third kappa shape index (κ3) is 4.02. The summed E-state index contributed by atoms with van der Waals surface area (Å²) in [6.45, 7) is 2.40. The van der Waals surface area contributed by atoms with Crippen LogP contribution in [0.2, 0.25) is 0 Å². The molecule has 150 valence electrons. The van der Waals surface area contributed by atoms with Crippen LogP contribution in [-0.4, -0.2) is 18.0 Å². The van der Waals surface area contributed by atoms with Crippen molar-refractivity contribution in [1.29, 1.82) is 0 Å². The lowest BCUT2D eigenvalue weighted by molar-refractivity contribution is -0.384. The Balaban J connectivity index is 2.19. The second-order valence-corrected chi connectivity index (χ2v) is 6.79. The van der Waals surface area contributed by atoms with Gasteiger partial charge < -0.3 is 9.64 Å². The normalized spacial score (nSPS) is 17.5. The molecule has 2 aromatic carbocycles. The van der Waals surface area contributed by atoms with Gasteiger partial charge in [-0.3, -0.25) is 10.1 Å². The number of hydrogen-bond acceptors (Lipinski definition) is 4. The first-order valence-corrected chi connectivity index (χ1v) is 8.74. The summed E-state index contributed by atoms with van der Waals surface area (Å²) in [5.74, 6) is -1.80. The van der Waals surface area contributed by atoms with Crippen LogP contribution in [0.3, 0.4) is 0 Å². The molecule has 0 spiro atoms. The SMILES string of the molecule is C[C@@H]1CCCN(c2c([N+](=O)[O-])ccc(Oc3ccccc3F)c2C(F)(F)F)C1. The Labute approximate surface area is 158 Å². The molecule has 0 unspecified atom stereocenters. The quantitative estimate of drug-likeness (QED) is 0.372. The van der Waals surface area contributed by atoms with E-state index in [1.165, 1.54) is 23.1 Å². The number of anilines is 1. The summed E-state index contributed by atoms with van der Waals surface area (Å²) < 4.78 is 61.1. The van der Waals surface area contributed by atoms with E-state index in [1.54, 1.807) is 0 Å². The summed E-state index contributed by atoms with van der Waals surface area (Å²) in [5.41, 5.74) is -2.45. The molecule has 9 heteroatoms. The van der Waals surface area contributed by atoms with Gasteiger partial charge in [0.1, 0.15) is 17.0 Å². The molecule has 3 rings (SSSR count). The Morgan fingerprint density at radius 1 is 1.18 bits per heavy atom. The monoisotopic (exact) mass is 398 g/mol. The van der Waals surface area contributed by atoms with Gasteiger partial charge in [-0.2, -0.15) is 13.2 Å². The Morgan fingerprint density at radius 3 is 2.50 bits per heavy atom. The first kappa shape index (κ1) is 19.9. The molecule has 1 aliphatic rings. The Hall–Kier alpha value is -2.84. The van der Waals surface area contributed by atoms with Gasteiger partial charge in [0.15, 0.2) is 11.6 Å². The van der Waals surface area contributed by atoms with Crippen molar-refractivity contribution >= 4 is 11.4 Å². The number of ether oxygens (including phenoxy) is 1. The fourth-order valence-corrected chi connectivity index (χ4v) is 3.43. The highest BCUT2D eigenvalue weighted by atomic mass is 19.4. The first-order chi connectivity index (χ1) is 13.2. The van der Waals surface area contributed by atoms with Crippen molar-refractivity contribution in [2.24, 2.45) is 5.92 Å². The molecule has 0 aliphatic carbocycles. The number of nitrogens with zero attached hydrogens (tertiary/aromatic N) is 2. The predicted molar refractivity (Wildman–Crippen MR) is 95.2 cm³/mol. The lowest BCUT2D eigenvalue weighted by atomic mass is 9.98. The number of alkyl halides is 3. The predicted octanol–water partition coefficient (Wildman–Crippen LogP) is 5.78. The third-order valence-electron chi connectivity index (χ3n) is 4.63. The average molecular weight is 398 g/mol. The molecule has 0 saturated carbocycles. The van der Waals surface area contributed by atoms with E-state index in [4.69, 9.17) is 4.74 Å². The van der Waals surface area contributed by atoms with E-state index < -0.39 is 39.6 Å². The van der Waals surface area contributed by atoms with Crippen LogP contribution in [-0.2, 0) is 6.18 Å². The van der Waals surface area contributed by atoms with Crippen LogP contribution in [0, 0.1) is 21.8 Å². The molecule has 0 radical (unpaired) electrons. The largest absolute Gasteiger partial charge is 0.454 e. The van der Waals surface area contributed by atoms with Crippen LogP contribution in [0.4, 0.5) is 28.9 Å². The Bertz CT molecular complexity index is 886. The van der Waals surface area contributed by atoms with E-state index in [0.717, 1.165) is 24.6 Å². The number of rotatable bonds is 4. The standard InChI is InChI=1S/C19H18F4N2O3/c1-12-5-4-10-24(11-12)18-14(25(26)27)8-9-16(17(18)19(21,22)23)28-15-7-3-2-6-13(15)20/h2-3,6-9,12H,4-5,10-11H2,1H3/t12-/m1/s1. The molecule has 1 heterocycles. The molecule has 28 heavy (non-hydrogen) atoms. The number of benzene rings is 2. The lowest BCUT2D eigenvalue weighted by Crippen LogP contribution is -2.36. The summed E-state index contributed by atoms with van der Waals surface area (Å²) in [7, 11) is 0. The molecule has 0 N–H and O–H groups in total. The van der Waals surface area contributed by atoms with E-state index in [0.29, 0.717) is 6.42 Å². The fraction of sp³-hybridized carbons (Fsp3) is 0.368. The van der Waals surface area contributed by atoms with Gasteiger partial charge in [0.05, 0.1) is 4.92 Å². The number of nitro benzene ring substituents is 1. The summed E-state index contributed by atoms with van der Waals surface area (Å²) in [5, 5.41) is 11.5. The van der Waals surface area contributed by atoms with Crippen LogP contribution in [0.1, 0.15) is 25.3 Å². The van der Waals surface area contributed by atoms with Gasteiger partial charge >= 0.3 is 6.18 Å². The van der Waals surface area contributed by atoms with E-state index >= 15 is 0 Å². The molecule has 5 nitrogen and oxygen atoms in total. The van der Waals surface area contributed by atoms with Crippen molar-refractivity contribution in [1.82, 2.24) is 0 Å². The molecule has 1 fully saturated rings. The molecule has 0 bridgehead atoms. The summed E-state index contributed by atoms with van der Waals surface area (Å²) >= 11 is 0. The highest BCUT2D eigenvalue weighted by Crippen LogP contribution is 2.49. The Morgan fingerprint density at radius 2 is 1.89 bits per heavy atom. The third-order valence-corrected chi connectivity index (χ3v) is 4.63. The van der Waals surface area contributed by atoms with Crippen LogP contribution >= 0.6 is 0 Å². The zero-order valence-electron chi connectivity index (χ0n) is 15.0. The molecule has 2 aromatic rings. The number of hydrogen-bond donors (Lipinski definition) is 0. The number of halogens is 4. The van der Waals surface area contributed by atoms with Crippen molar-refractivity contribution in [3.8, 4) is 11.5 Å². The average Bonchev–Trinajstić information content (AvgIpc) is 2.62. The molecule has 0 amide bonds. The van der Waals surface area contributed by atoms with Crippen LogP contribution < -0.4 is 9.64 Å². The number of nitro groups is 1. The van der Waals surface area contributed by atoms with E-state index in [1.807, 2.05) is 6.92 Å². The smallest absolute Gasteiger partial charge is 0.422 e. The van der Waals surface area contributed by atoms with Crippen LogP contribution in [0.25, 0.3) is 0 Å². The molecular formula is C19H18F4N2O3. The molecule has 0 aromatic heterocycles. The topological polar surface area (TPSA) is 55.6 Å². The number of piperidine rings is 1. The van der Waals surface area contributed by atoms with Crippen molar-refractivity contribution in [2.45, 2.75) is 25.9 Å². The van der Waals surface area contributed by atoms with Gasteiger partial charge in [-0.15, -0.1) is 0 Å². The lowest BCUT2D eigenvalue weighted by Gasteiger charge is -2.34. The van der Waals surface area contributed by atoms with Gasteiger partial charge in [-0.1, -0.05) is 19.1 Å². The highest BCUT2D eigenvalue weighted by molar-refractivity contribution is 5.73. The Kier molecular flexibility index (Phi) is 5.44. The molecular weight excluding hydrogens is 380 g/mol. The minimum atomic E-state index is -4.93. The van der Waals surface area contributed by atoms with Crippen molar-refractivity contribution in [2.75, 3.05) is 18.0 Å².